The van der Waals surface area contributed by atoms with Crippen LogP contribution in [0.2, 0.25) is 0 Å². The monoisotopic (exact) mass is 226 g/mol. The van der Waals surface area contributed by atoms with Crippen LogP contribution < -0.4 is 5.32 Å². The van der Waals surface area contributed by atoms with Crippen molar-refractivity contribution in [2.24, 2.45) is 0 Å². The Hall–Kier alpha value is -0.120. The molecule has 1 saturated heterocycles. The fraction of sp³-hybridized carbons (Fsp3) is 1.00. The van der Waals surface area contributed by atoms with Crippen LogP contribution in [0.25, 0.3) is 0 Å². The molecule has 0 aromatic rings. The molecule has 1 aliphatic carbocycles. The van der Waals surface area contributed by atoms with Crippen molar-refractivity contribution >= 4 is 0 Å². The minimum absolute atomic E-state index is 0.406. The standard InChI is InChI=1S/C13H26N2O/c1-11-9-15(10-12(2)16-11)8-4-7-14-13-5-3-6-13/h11-14H,3-10H2,1-2H3. The molecule has 0 aromatic carbocycles. The highest BCUT2D eigenvalue weighted by Crippen LogP contribution is 2.17. The van der Waals surface area contributed by atoms with Gasteiger partial charge >= 0.3 is 0 Å². The van der Waals surface area contributed by atoms with Crippen LogP contribution in [0.15, 0.2) is 0 Å². The van der Waals surface area contributed by atoms with E-state index in [9.17, 15) is 0 Å². The Bertz CT molecular complexity index is 196. The Morgan fingerprint density at radius 1 is 1.19 bits per heavy atom. The van der Waals surface area contributed by atoms with E-state index in [1.54, 1.807) is 0 Å². The highest BCUT2D eigenvalue weighted by molar-refractivity contribution is 4.77. The minimum Gasteiger partial charge on any atom is -0.373 e. The van der Waals surface area contributed by atoms with Crippen molar-refractivity contribution in [2.45, 2.75) is 57.8 Å². The molecule has 3 heteroatoms. The third kappa shape index (κ3) is 3.72. The summed E-state index contributed by atoms with van der Waals surface area (Å²) in [5.74, 6) is 0. The van der Waals surface area contributed by atoms with Crippen molar-refractivity contribution in [3.8, 4) is 0 Å². The van der Waals surface area contributed by atoms with Gasteiger partial charge in [-0.05, 0) is 46.2 Å². The number of hydrogen-bond donors (Lipinski definition) is 1. The highest BCUT2D eigenvalue weighted by atomic mass is 16.5. The molecular weight excluding hydrogens is 200 g/mol. The molecule has 1 heterocycles. The van der Waals surface area contributed by atoms with Crippen LogP contribution in [0.3, 0.4) is 0 Å². The zero-order valence-electron chi connectivity index (χ0n) is 10.7. The zero-order valence-corrected chi connectivity index (χ0v) is 10.7. The van der Waals surface area contributed by atoms with Gasteiger partial charge in [-0.25, -0.2) is 0 Å². The molecule has 0 aromatic heterocycles. The second-order valence-corrected chi connectivity index (χ2v) is 5.45. The van der Waals surface area contributed by atoms with E-state index in [0.29, 0.717) is 12.2 Å². The van der Waals surface area contributed by atoms with Gasteiger partial charge in [-0.2, -0.15) is 0 Å². The second kappa shape index (κ2) is 5.99. The normalized spacial score (nSPS) is 32.6. The van der Waals surface area contributed by atoms with Crippen molar-refractivity contribution in [1.82, 2.24) is 10.2 Å². The van der Waals surface area contributed by atoms with Gasteiger partial charge in [0.2, 0.25) is 0 Å². The van der Waals surface area contributed by atoms with Crippen molar-refractivity contribution in [2.75, 3.05) is 26.2 Å². The number of hydrogen-bond acceptors (Lipinski definition) is 3. The maximum absolute atomic E-state index is 5.73. The highest BCUT2D eigenvalue weighted by Gasteiger charge is 2.21. The van der Waals surface area contributed by atoms with E-state index in [1.807, 2.05) is 0 Å². The molecule has 1 aliphatic heterocycles. The van der Waals surface area contributed by atoms with Crippen LogP contribution in [0, 0.1) is 0 Å². The van der Waals surface area contributed by atoms with Crippen molar-refractivity contribution < 1.29 is 4.74 Å². The first-order chi connectivity index (χ1) is 7.74. The summed E-state index contributed by atoms with van der Waals surface area (Å²) in [5.41, 5.74) is 0. The average Bonchev–Trinajstić information content (AvgIpc) is 2.13. The summed E-state index contributed by atoms with van der Waals surface area (Å²) in [4.78, 5) is 2.54. The number of nitrogens with zero attached hydrogens (tertiary/aromatic N) is 1. The van der Waals surface area contributed by atoms with E-state index in [-0.39, 0.29) is 0 Å². The summed E-state index contributed by atoms with van der Waals surface area (Å²) in [5, 5.41) is 3.62. The lowest BCUT2D eigenvalue weighted by molar-refractivity contribution is -0.0680. The molecule has 2 fully saturated rings. The summed E-state index contributed by atoms with van der Waals surface area (Å²) >= 11 is 0. The van der Waals surface area contributed by atoms with Gasteiger partial charge in [0, 0.05) is 19.1 Å². The maximum atomic E-state index is 5.73. The lowest BCUT2D eigenvalue weighted by atomic mass is 9.93. The average molecular weight is 226 g/mol. The van der Waals surface area contributed by atoms with Crippen LogP contribution >= 0.6 is 0 Å². The van der Waals surface area contributed by atoms with Gasteiger partial charge in [0.15, 0.2) is 0 Å². The molecular formula is C13H26N2O. The Labute approximate surface area is 99.5 Å². The van der Waals surface area contributed by atoms with Crippen molar-refractivity contribution in [3.63, 3.8) is 0 Å². The molecule has 2 unspecified atom stereocenters. The fourth-order valence-electron chi connectivity index (χ4n) is 2.69. The van der Waals surface area contributed by atoms with Crippen LogP contribution in [0.4, 0.5) is 0 Å². The van der Waals surface area contributed by atoms with Gasteiger partial charge in [0.05, 0.1) is 12.2 Å². The largest absolute Gasteiger partial charge is 0.373 e. The SMILES string of the molecule is CC1CN(CCCNC2CCC2)CC(C)O1. The summed E-state index contributed by atoms with van der Waals surface area (Å²) in [6.45, 7) is 8.97. The van der Waals surface area contributed by atoms with Gasteiger partial charge in [0.1, 0.15) is 0 Å². The first-order valence-electron chi connectivity index (χ1n) is 6.85. The van der Waals surface area contributed by atoms with Gasteiger partial charge < -0.3 is 10.1 Å². The molecule has 2 rings (SSSR count). The molecule has 0 bridgehead atoms. The zero-order chi connectivity index (χ0) is 11.4. The Kier molecular flexibility index (Phi) is 4.62. The number of ether oxygens (including phenoxy) is 1. The van der Waals surface area contributed by atoms with Gasteiger partial charge in [-0.1, -0.05) is 6.42 Å². The Morgan fingerprint density at radius 2 is 1.88 bits per heavy atom. The predicted molar refractivity (Wildman–Crippen MR) is 66.7 cm³/mol. The number of morpholine rings is 1. The predicted octanol–water partition coefficient (Wildman–Crippen LogP) is 1.63. The smallest absolute Gasteiger partial charge is 0.0678 e. The third-order valence-corrected chi connectivity index (χ3v) is 3.68. The molecule has 2 aliphatic rings. The molecule has 1 N–H and O–H groups in total. The Morgan fingerprint density at radius 3 is 2.44 bits per heavy atom. The van der Waals surface area contributed by atoms with Gasteiger partial charge in [-0.3, -0.25) is 4.90 Å². The molecule has 0 amide bonds. The minimum atomic E-state index is 0.406. The Balaban J connectivity index is 1.54. The first kappa shape index (κ1) is 12.3. The van der Waals surface area contributed by atoms with Crippen LogP contribution in [0.5, 0.6) is 0 Å². The molecule has 0 radical (unpaired) electrons. The van der Waals surface area contributed by atoms with E-state index in [4.69, 9.17) is 4.74 Å². The van der Waals surface area contributed by atoms with Crippen LogP contribution in [0.1, 0.15) is 39.5 Å². The van der Waals surface area contributed by atoms with E-state index in [1.165, 1.54) is 38.8 Å². The number of nitrogens with one attached hydrogen (secondary N) is 1. The van der Waals surface area contributed by atoms with E-state index >= 15 is 0 Å². The summed E-state index contributed by atoms with van der Waals surface area (Å²) < 4.78 is 5.73. The third-order valence-electron chi connectivity index (χ3n) is 3.68. The van der Waals surface area contributed by atoms with Gasteiger partial charge in [-0.15, -0.1) is 0 Å². The molecule has 3 nitrogen and oxygen atoms in total. The molecule has 94 valence electrons. The topological polar surface area (TPSA) is 24.5 Å². The number of rotatable bonds is 5. The van der Waals surface area contributed by atoms with Gasteiger partial charge in [0.25, 0.3) is 0 Å². The maximum Gasteiger partial charge on any atom is 0.0678 e. The summed E-state index contributed by atoms with van der Waals surface area (Å²) in [6.07, 6.45) is 6.30. The van der Waals surface area contributed by atoms with E-state index in [2.05, 4.69) is 24.1 Å². The van der Waals surface area contributed by atoms with E-state index in [0.717, 1.165) is 19.1 Å². The second-order valence-electron chi connectivity index (χ2n) is 5.45. The lowest BCUT2D eigenvalue weighted by Gasteiger charge is -2.35. The summed E-state index contributed by atoms with van der Waals surface area (Å²) in [6, 6.07) is 0.836. The quantitative estimate of drug-likeness (QED) is 0.721. The molecule has 16 heavy (non-hydrogen) atoms. The molecule has 0 spiro atoms. The fourth-order valence-corrected chi connectivity index (χ4v) is 2.69. The van der Waals surface area contributed by atoms with Crippen LogP contribution in [-0.2, 0) is 4.74 Å². The lowest BCUT2D eigenvalue weighted by Crippen LogP contribution is -2.46. The van der Waals surface area contributed by atoms with Crippen molar-refractivity contribution in [3.05, 3.63) is 0 Å². The molecule has 1 saturated carbocycles. The summed E-state index contributed by atoms with van der Waals surface area (Å²) in [7, 11) is 0. The molecule has 2 atom stereocenters. The van der Waals surface area contributed by atoms with E-state index < -0.39 is 0 Å². The van der Waals surface area contributed by atoms with Crippen molar-refractivity contribution in [1.29, 1.82) is 0 Å². The van der Waals surface area contributed by atoms with Crippen LogP contribution in [-0.4, -0.2) is 49.3 Å². The first-order valence-corrected chi connectivity index (χ1v) is 6.85.